The van der Waals surface area contributed by atoms with Gasteiger partial charge in [0, 0.05) is 6.54 Å². The molecule has 3 aromatic rings. The average molecular weight is 437 g/mol. The summed E-state index contributed by atoms with van der Waals surface area (Å²) in [5.74, 6) is 1.67. The third kappa shape index (κ3) is 6.21. The molecule has 0 saturated carbocycles. The number of hydrogen-bond donors (Lipinski definition) is 1. The van der Waals surface area contributed by atoms with E-state index in [2.05, 4.69) is 22.1 Å². The lowest BCUT2D eigenvalue weighted by Crippen LogP contribution is -2.28. The summed E-state index contributed by atoms with van der Waals surface area (Å²) in [5, 5.41) is 12.3. The van der Waals surface area contributed by atoms with E-state index in [-0.39, 0.29) is 23.8 Å². The molecule has 2 unspecified atom stereocenters. The Hall–Kier alpha value is -3.06. The lowest BCUT2D eigenvalue weighted by atomic mass is 10.1. The van der Waals surface area contributed by atoms with Crippen molar-refractivity contribution in [2.24, 2.45) is 0 Å². The summed E-state index contributed by atoms with van der Waals surface area (Å²) in [4.78, 5) is 12.4. The maximum atomic E-state index is 12.4. The van der Waals surface area contributed by atoms with Crippen molar-refractivity contribution >= 4 is 17.7 Å². The molecule has 0 spiro atoms. The summed E-state index contributed by atoms with van der Waals surface area (Å²) in [6, 6.07) is 17.7. The summed E-state index contributed by atoms with van der Waals surface area (Å²) in [6.07, 6.45) is 1.49. The quantitative estimate of drug-likeness (QED) is 0.362. The third-order valence-corrected chi connectivity index (χ3v) is 5.70. The normalized spacial score (nSPS) is 12.7. The van der Waals surface area contributed by atoms with Crippen LogP contribution in [0.2, 0.25) is 0 Å². The minimum absolute atomic E-state index is 0.0554. The van der Waals surface area contributed by atoms with Gasteiger partial charge in [0.1, 0.15) is 5.75 Å². The van der Waals surface area contributed by atoms with Gasteiger partial charge in [-0.15, -0.1) is 16.8 Å². The van der Waals surface area contributed by atoms with Crippen LogP contribution < -0.4 is 10.1 Å². The maximum Gasteiger partial charge on any atom is 0.230 e. The molecule has 0 bridgehead atoms. The molecule has 31 heavy (non-hydrogen) atoms. The molecule has 1 aromatic heterocycles. The van der Waals surface area contributed by atoms with Gasteiger partial charge in [-0.25, -0.2) is 0 Å². The number of nitrogens with one attached hydrogen (secondary N) is 1. The first-order valence-corrected chi connectivity index (χ1v) is 11.2. The van der Waals surface area contributed by atoms with E-state index in [0.29, 0.717) is 17.5 Å². The molecule has 0 radical (unpaired) electrons. The molecule has 1 N–H and O–H groups in total. The van der Waals surface area contributed by atoms with Crippen LogP contribution in [0.3, 0.4) is 0 Å². The summed E-state index contributed by atoms with van der Waals surface area (Å²) >= 11 is 1.35. The predicted octanol–water partition coefficient (Wildman–Crippen LogP) is 4.88. The number of hydrogen-bond acceptors (Lipinski definition) is 5. The van der Waals surface area contributed by atoms with E-state index in [4.69, 9.17) is 4.74 Å². The van der Waals surface area contributed by atoms with Crippen LogP contribution in [-0.4, -0.2) is 26.4 Å². The Morgan fingerprint density at radius 3 is 2.68 bits per heavy atom. The summed E-state index contributed by atoms with van der Waals surface area (Å²) < 4.78 is 8.00. The molecule has 0 aliphatic rings. The van der Waals surface area contributed by atoms with Crippen LogP contribution in [0.1, 0.15) is 42.9 Å². The van der Waals surface area contributed by atoms with Gasteiger partial charge in [0.15, 0.2) is 17.1 Å². The van der Waals surface area contributed by atoms with Gasteiger partial charge in [-0.2, -0.15) is 0 Å². The van der Waals surface area contributed by atoms with Crippen LogP contribution >= 0.6 is 11.8 Å². The molecule has 1 heterocycles. The highest BCUT2D eigenvalue weighted by Gasteiger charge is 2.20. The fourth-order valence-corrected chi connectivity index (χ4v) is 3.96. The van der Waals surface area contributed by atoms with Crippen molar-refractivity contribution in [3.63, 3.8) is 0 Å². The zero-order chi connectivity index (χ0) is 22.2. The van der Waals surface area contributed by atoms with Crippen molar-refractivity contribution in [2.45, 2.75) is 44.6 Å². The number of carbonyl (C=O) groups is 1. The van der Waals surface area contributed by atoms with Gasteiger partial charge in [-0.3, -0.25) is 9.36 Å². The number of thioether (sulfide) groups is 1. The van der Waals surface area contributed by atoms with Crippen LogP contribution in [0.25, 0.3) is 0 Å². The summed E-state index contributed by atoms with van der Waals surface area (Å²) in [6.45, 7) is 10.3. The van der Waals surface area contributed by atoms with Gasteiger partial charge in [0.05, 0.1) is 11.8 Å². The minimum Gasteiger partial charge on any atom is -0.483 e. The number of amides is 1. The van der Waals surface area contributed by atoms with Gasteiger partial charge < -0.3 is 10.1 Å². The first-order valence-electron chi connectivity index (χ1n) is 10.2. The SMILES string of the molecule is C=CCn1c(SCC(=O)NC(C)c2ccccc2)nnc1C(C)Oc1cccc(C)c1. The first-order chi connectivity index (χ1) is 15.0. The zero-order valence-electron chi connectivity index (χ0n) is 18.1. The Morgan fingerprint density at radius 1 is 1.19 bits per heavy atom. The van der Waals surface area contributed by atoms with E-state index in [1.54, 1.807) is 6.08 Å². The van der Waals surface area contributed by atoms with Gasteiger partial charge in [0.25, 0.3) is 0 Å². The van der Waals surface area contributed by atoms with E-state index in [1.807, 2.05) is 79.9 Å². The number of ether oxygens (including phenoxy) is 1. The van der Waals surface area contributed by atoms with Crippen LogP contribution in [0.15, 0.2) is 72.4 Å². The van der Waals surface area contributed by atoms with Crippen LogP contribution in [0.5, 0.6) is 5.75 Å². The van der Waals surface area contributed by atoms with Crippen molar-refractivity contribution in [2.75, 3.05) is 5.75 Å². The standard InChI is InChI=1S/C24H28N4O2S/c1-5-14-28-23(19(4)30-21-13-9-10-17(2)15-21)26-27-24(28)31-16-22(29)25-18(3)20-11-7-6-8-12-20/h5-13,15,18-19H,1,14,16H2,2-4H3,(H,25,29). The molecular formula is C24H28N4O2S. The number of benzene rings is 2. The second-order valence-corrected chi connectivity index (χ2v) is 8.25. The van der Waals surface area contributed by atoms with Gasteiger partial charge in [-0.1, -0.05) is 60.3 Å². The number of allylic oxidation sites excluding steroid dienone is 1. The van der Waals surface area contributed by atoms with Crippen molar-refractivity contribution in [3.05, 3.63) is 84.2 Å². The van der Waals surface area contributed by atoms with Crippen molar-refractivity contribution in [1.82, 2.24) is 20.1 Å². The monoisotopic (exact) mass is 436 g/mol. The molecular weight excluding hydrogens is 408 g/mol. The van der Waals surface area contributed by atoms with Gasteiger partial charge in [-0.05, 0) is 44.0 Å². The van der Waals surface area contributed by atoms with Crippen molar-refractivity contribution in [3.8, 4) is 5.75 Å². The fourth-order valence-electron chi connectivity index (χ4n) is 3.19. The van der Waals surface area contributed by atoms with E-state index in [9.17, 15) is 4.79 Å². The van der Waals surface area contributed by atoms with E-state index < -0.39 is 0 Å². The molecule has 7 heteroatoms. The molecule has 1 amide bonds. The number of aromatic nitrogens is 3. The van der Waals surface area contributed by atoms with Crippen LogP contribution in [-0.2, 0) is 11.3 Å². The molecule has 0 aliphatic carbocycles. The highest BCUT2D eigenvalue weighted by Crippen LogP contribution is 2.25. The van der Waals surface area contributed by atoms with Crippen molar-refractivity contribution in [1.29, 1.82) is 0 Å². The average Bonchev–Trinajstić information content (AvgIpc) is 3.16. The molecule has 162 valence electrons. The second-order valence-electron chi connectivity index (χ2n) is 7.31. The van der Waals surface area contributed by atoms with Gasteiger partial charge in [0.2, 0.25) is 5.91 Å². The summed E-state index contributed by atoms with van der Waals surface area (Å²) in [5.41, 5.74) is 2.20. The second kappa shape index (κ2) is 10.8. The van der Waals surface area contributed by atoms with Crippen LogP contribution in [0.4, 0.5) is 0 Å². The highest BCUT2D eigenvalue weighted by molar-refractivity contribution is 7.99. The molecule has 0 aliphatic heterocycles. The predicted molar refractivity (Wildman–Crippen MR) is 124 cm³/mol. The number of rotatable bonds is 10. The third-order valence-electron chi connectivity index (χ3n) is 4.73. The molecule has 0 fully saturated rings. The van der Waals surface area contributed by atoms with E-state index >= 15 is 0 Å². The van der Waals surface area contributed by atoms with Gasteiger partial charge >= 0.3 is 0 Å². The Balaban J connectivity index is 1.64. The minimum atomic E-state index is -0.296. The lowest BCUT2D eigenvalue weighted by molar-refractivity contribution is -0.119. The molecule has 6 nitrogen and oxygen atoms in total. The number of carbonyl (C=O) groups excluding carboxylic acids is 1. The zero-order valence-corrected chi connectivity index (χ0v) is 18.9. The Morgan fingerprint density at radius 2 is 1.97 bits per heavy atom. The Labute approximate surface area is 187 Å². The Bertz CT molecular complexity index is 1020. The number of aryl methyl sites for hydroxylation is 1. The maximum absolute atomic E-state index is 12.4. The highest BCUT2D eigenvalue weighted by atomic mass is 32.2. The number of nitrogens with zero attached hydrogens (tertiary/aromatic N) is 3. The van der Waals surface area contributed by atoms with Crippen LogP contribution in [0, 0.1) is 6.92 Å². The largest absolute Gasteiger partial charge is 0.483 e. The fraction of sp³-hybridized carbons (Fsp3) is 0.292. The first kappa shape index (κ1) is 22.6. The molecule has 3 rings (SSSR count). The topological polar surface area (TPSA) is 69.0 Å². The molecule has 2 aromatic carbocycles. The van der Waals surface area contributed by atoms with E-state index in [1.165, 1.54) is 11.8 Å². The Kier molecular flexibility index (Phi) is 7.89. The van der Waals surface area contributed by atoms with E-state index in [0.717, 1.165) is 16.9 Å². The summed E-state index contributed by atoms with van der Waals surface area (Å²) in [7, 11) is 0. The van der Waals surface area contributed by atoms with Crippen molar-refractivity contribution < 1.29 is 9.53 Å². The lowest BCUT2D eigenvalue weighted by Gasteiger charge is -2.16. The molecule has 2 atom stereocenters. The smallest absolute Gasteiger partial charge is 0.230 e. The molecule has 0 saturated heterocycles.